The first-order valence-electron chi connectivity index (χ1n) is 9.65. The number of piperazine rings is 1. The molecule has 1 aromatic carbocycles. The first-order valence-corrected chi connectivity index (χ1v) is 10.5. The van der Waals surface area contributed by atoms with E-state index in [2.05, 4.69) is 45.4 Å². The zero-order valence-corrected chi connectivity index (χ0v) is 17.2. The van der Waals surface area contributed by atoms with Gasteiger partial charge in [-0.25, -0.2) is 4.79 Å². The number of rotatable bonds is 6. The molecule has 1 aromatic heterocycles. The molecule has 6 nitrogen and oxygen atoms in total. The van der Waals surface area contributed by atoms with Gasteiger partial charge in [-0.2, -0.15) is 0 Å². The second kappa shape index (κ2) is 9.71. The summed E-state index contributed by atoms with van der Waals surface area (Å²) in [5.41, 5.74) is 1.23. The van der Waals surface area contributed by atoms with Gasteiger partial charge in [-0.05, 0) is 37.4 Å². The molecule has 7 heteroatoms. The summed E-state index contributed by atoms with van der Waals surface area (Å²) in [7, 11) is 0. The maximum atomic E-state index is 12.1. The number of benzene rings is 1. The average Bonchev–Trinajstić information content (AvgIpc) is 3.24. The molecule has 1 fully saturated rings. The van der Waals surface area contributed by atoms with Gasteiger partial charge in [-0.1, -0.05) is 24.3 Å². The van der Waals surface area contributed by atoms with Crippen molar-refractivity contribution in [1.29, 1.82) is 0 Å². The third-order valence-corrected chi connectivity index (χ3v) is 5.90. The Labute approximate surface area is 170 Å². The molecular weight excluding hydrogens is 374 g/mol. The monoisotopic (exact) mass is 401 g/mol. The normalized spacial score (nSPS) is 17.0. The van der Waals surface area contributed by atoms with Crippen molar-refractivity contribution >= 4 is 28.9 Å². The number of para-hydroxylation sites is 1. The van der Waals surface area contributed by atoms with Crippen molar-refractivity contribution in [3.8, 4) is 0 Å². The van der Waals surface area contributed by atoms with E-state index in [-0.39, 0.29) is 18.7 Å². The molecule has 2 aromatic rings. The van der Waals surface area contributed by atoms with Crippen LogP contribution in [0.3, 0.4) is 0 Å². The molecule has 0 radical (unpaired) electrons. The fraction of sp³-hybridized carbons (Fsp3) is 0.429. The maximum Gasteiger partial charge on any atom is 0.396 e. The van der Waals surface area contributed by atoms with Gasteiger partial charge in [0.15, 0.2) is 0 Å². The molecule has 0 aliphatic carbocycles. The summed E-state index contributed by atoms with van der Waals surface area (Å²) in [5.74, 6) is -1.51. The molecule has 2 atom stereocenters. The maximum absolute atomic E-state index is 12.1. The molecule has 1 saturated heterocycles. The molecular formula is C21H27N3O3S. The van der Waals surface area contributed by atoms with Gasteiger partial charge in [-0.3, -0.25) is 9.69 Å². The Morgan fingerprint density at radius 1 is 1.11 bits per heavy atom. The average molecular weight is 402 g/mol. The summed E-state index contributed by atoms with van der Waals surface area (Å²) in [5, 5.41) is 4.88. The highest BCUT2D eigenvalue weighted by atomic mass is 32.1. The van der Waals surface area contributed by atoms with Gasteiger partial charge >= 0.3 is 11.9 Å². The number of thiophene rings is 1. The summed E-state index contributed by atoms with van der Waals surface area (Å²) < 4.78 is 4.81. The summed E-state index contributed by atoms with van der Waals surface area (Å²) in [4.78, 5) is 29.8. The fourth-order valence-electron chi connectivity index (χ4n) is 3.64. The minimum Gasteiger partial charge on any atom is -0.459 e. The lowest BCUT2D eigenvalue weighted by Crippen LogP contribution is -2.53. The van der Waals surface area contributed by atoms with Gasteiger partial charge < -0.3 is 15.0 Å². The minimum absolute atomic E-state index is 0.0244. The number of anilines is 1. The number of carbonyl (C=O) groups excluding carboxylic acids is 2. The van der Waals surface area contributed by atoms with E-state index in [4.69, 9.17) is 4.74 Å². The lowest BCUT2D eigenvalue weighted by Gasteiger charge is -2.42. The van der Waals surface area contributed by atoms with Crippen LogP contribution in [0.5, 0.6) is 0 Å². The quantitative estimate of drug-likeness (QED) is 0.596. The zero-order valence-electron chi connectivity index (χ0n) is 16.3. The summed E-state index contributed by atoms with van der Waals surface area (Å²) >= 11 is 1.67. The van der Waals surface area contributed by atoms with E-state index in [1.54, 1.807) is 18.3 Å². The third-order valence-electron chi connectivity index (χ3n) is 4.96. The molecule has 1 N–H and O–H groups in total. The predicted octanol–water partition coefficient (Wildman–Crippen LogP) is 2.68. The summed E-state index contributed by atoms with van der Waals surface area (Å²) in [6.45, 7) is 7.44. The molecule has 0 unspecified atom stereocenters. The Hall–Kier alpha value is -2.38. The smallest absolute Gasteiger partial charge is 0.396 e. The van der Waals surface area contributed by atoms with Crippen LogP contribution in [0.15, 0.2) is 47.8 Å². The van der Waals surface area contributed by atoms with Crippen molar-refractivity contribution < 1.29 is 14.3 Å². The van der Waals surface area contributed by atoms with Gasteiger partial charge in [0, 0.05) is 42.8 Å². The standard InChI is InChI=1S/C21H27N3O3S/c1-3-27-21(26)20(25)22-16(2)19(18-10-7-15-28-18)24-13-11-23(12-14-24)17-8-5-4-6-9-17/h4-10,15-16,19H,3,11-14H2,1-2H3,(H,22,25)/t16-,19+/m1/s1. The predicted molar refractivity (Wildman–Crippen MR) is 112 cm³/mol. The molecule has 28 heavy (non-hydrogen) atoms. The highest BCUT2D eigenvalue weighted by Crippen LogP contribution is 2.30. The van der Waals surface area contributed by atoms with Gasteiger partial charge in [-0.15, -0.1) is 11.3 Å². The van der Waals surface area contributed by atoms with Gasteiger partial charge in [0.25, 0.3) is 0 Å². The van der Waals surface area contributed by atoms with Crippen LogP contribution in [-0.2, 0) is 14.3 Å². The Balaban J connectivity index is 1.68. The van der Waals surface area contributed by atoms with E-state index in [0.29, 0.717) is 0 Å². The molecule has 3 rings (SSSR count). The lowest BCUT2D eigenvalue weighted by atomic mass is 10.0. The largest absolute Gasteiger partial charge is 0.459 e. The van der Waals surface area contributed by atoms with E-state index in [0.717, 1.165) is 26.2 Å². The second-order valence-electron chi connectivity index (χ2n) is 6.80. The minimum atomic E-state index is -0.826. The number of hydrogen-bond donors (Lipinski definition) is 1. The number of amides is 1. The SMILES string of the molecule is CCOC(=O)C(=O)N[C@H](C)[C@@H](c1cccs1)N1CCN(c2ccccc2)CC1. The summed E-state index contributed by atoms with van der Waals surface area (Å²) in [6.07, 6.45) is 0. The second-order valence-corrected chi connectivity index (χ2v) is 7.78. The van der Waals surface area contributed by atoms with Crippen LogP contribution in [0.1, 0.15) is 24.8 Å². The first kappa shape index (κ1) is 20.4. The van der Waals surface area contributed by atoms with Gasteiger partial charge in [0.05, 0.1) is 12.6 Å². The number of carbonyl (C=O) groups is 2. The number of ether oxygens (including phenoxy) is 1. The van der Waals surface area contributed by atoms with Crippen molar-refractivity contribution in [2.45, 2.75) is 25.9 Å². The topological polar surface area (TPSA) is 61.9 Å². The molecule has 0 bridgehead atoms. The van der Waals surface area contributed by atoms with Crippen LogP contribution in [0.25, 0.3) is 0 Å². The van der Waals surface area contributed by atoms with E-state index in [9.17, 15) is 9.59 Å². The van der Waals surface area contributed by atoms with Crippen LogP contribution in [-0.4, -0.2) is 55.6 Å². The number of nitrogens with zero attached hydrogens (tertiary/aromatic N) is 2. The Morgan fingerprint density at radius 2 is 1.82 bits per heavy atom. The first-order chi connectivity index (χ1) is 13.6. The fourth-order valence-corrected chi connectivity index (χ4v) is 4.60. The van der Waals surface area contributed by atoms with Crippen LogP contribution in [0.2, 0.25) is 0 Å². The summed E-state index contributed by atoms with van der Waals surface area (Å²) in [6, 6.07) is 14.3. The Bertz CT molecular complexity index is 758. The molecule has 150 valence electrons. The van der Waals surface area contributed by atoms with E-state index < -0.39 is 11.9 Å². The number of esters is 1. The molecule has 1 amide bonds. The van der Waals surface area contributed by atoms with Gasteiger partial charge in [0.1, 0.15) is 0 Å². The molecule has 1 aliphatic rings. The number of nitrogens with one attached hydrogen (secondary N) is 1. The van der Waals surface area contributed by atoms with Crippen LogP contribution in [0.4, 0.5) is 5.69 Å². The van der Waals surface area contributed by atoms with Crippen LogP contribution in [0, 0.1) is 0 Å². The highest BCUT2D eigenvalue weighted by molar-refractivity contribution is 7.10. The van der Waals surface area contributed by atoms with Crippen molar-refractivity contribution in [3.63, 3.8) is 0 Å². The zero-order chi connectivity index (χ0) is 19.9. The van der Waals surface area contributed by atoms with Crippen molar-refractivity contribution in [1.82, 2.24) is 10.2 Å². The van der Waals surface area contributed by atoms with Crippen molar-refractivity contribution in [3.05, 3.63) is 52.7 Å². The Morgan fingerprint density at radius 3 is 2.43 bits per heavy atom. The number of hydrogen-bond acceptors (Lipinski definition) is 6. The van der Waals surface area contributed by atoms with Crippen molar-refractivity contribution in [2.24, 2.45) is 0 Å². The van der Waals surface area contributed by atoms with E-state index in [1.165, 1.54) is 10.6 Å². The third kappa shape index (κ3) is 4.91. The lowest BCUT2D eigenvalue weighted by molar-refractivity contribution is -0.155. The molecule has 0 saturated carbocycles. The van der Waals surface area contributed by atoms with E-state index >= 15 is 0 Å². The molecule has 2 heterocycles. The van der Waals surface area contributed by atoms with Crippen LogP contribution >= 0.6 is 11.3 Å². The van der Waals surface area contributed by atoms with Crippen molar-refractivity contribution in [2.75, 3.05) is 37.7 Å². The van der Waals surface area contributed by atoms with Crippen LogP contribution < -0.4 is 10.2 Å². The van der Waals surface area contributed by atoms with E-state index in [1.807, 2.05) is 24.4 Å². The molecule has 1 aliphatic heterocycles. The highest BCUT2D eigenvalue weighted by Gasteiger charge is 2.32. The molecule has 0 spiro atoms. The van der Waals surface area contributed by atoms with Gasteiger partial charge in [0.2, 0.25) is 0 Å². The Kier molecular flexibility index (Phi) is 7.06.